The maximum absolute atomic E-state index is 11.6. The molecule has 0 atom stereocenters. The van der Waals surface area contributed by atoms with E-state index in [1.54, 1.807) is 0 Å². The summed E-state index contributed by atoms with van der Waals surface area (Å²) in [6, 6.07) is 0. The van der Waals surface area contributed by atoms with Crippen LogP contribution < -0.4 is 4.91 Å². The summed E-state index contributed by atoms with van der Waals surface area (Å²) in [5.41, 5.74) is -0.809. The third-order valence-corrected chi connectivity index (χ3v) is 3.49. The molecular weight excluding hydrogens is 241 g/mol. The van der Waals surface area contributed by atoms with Crippen molar-refractivity contribution in [3.63, 3.8) is 0 Å². The maximum atomic E-state index is 11.6. The molecule has 1 aromatic rings. The van der Waals surface area contributed by atoms with E-state index in [0.29, 0.717) is 29.2 Å². The van der Waals surface area contributed by atoms with Gasteiger partial charge >= 0.3 is 5.97 Å². The van der Waals surface area contributed by atoms with Crippen LogP contribution in [0, 0.1) is 0 Å². The quantitative estimate of drug-likeness (QED) is 0.381. The van der Waals surface area contributed by atoms with Gasteiger partial charge in [0.15, 0.2) is 7.85 Å². The van der Waals surface area contributed by atoms with E-state index in [0.717, 1.165) is 0 Å². The molecule has 1 fully saturated rings. The van der Waals surface area contributed by atoms with Gasteiger partial charge in [0.1, 0.15) is 10.5 Å². The third-order valence-electron chi connectivity index (χ3n) is 2.75. The molecule has 0 bridgehead atoms. The van der Waals surface area contributed by atoms with Crippen molar-refractivity contribution in [3.8, 4) is 0 Å². The van der Waals surface area contributed by atoms with Crippen LogP contribution in [0.4, 0.5) is 0 Å². The Bertz CT molecular complexity index is 446. The highest BCUT2D eigenvalue weighted by atomic mass is 32.1. The van der Waals surface area contributed by atoms with Crippen LogP contribution in [0.15, 0.2) is 0 Å². The summed E-state index contributed by atoms with van der Waals surface area (Å²) in [4.78, 5) is 24.4. The van der Waals surface area contributed by atoms with Gasteiger partial charge in [-0.05, 0) is 12.8 Å². The monoisotopic (exact) mass is 251 g/mol. The smallest absolute Gasteiger partial charge is 0.331 e. The van der Waals surface area contributed by atoms with Gasteiger partial charge in [-0.1, -0.05) is 0 Å². The van der Waals surface area contributed by atoms with Crippen LogP contribution in [-0.2, 0) is 20.9 Å². The molecule has 0 aromatic carbocycles. The summed E-state index contributed by atoms with van der Waals surface area (Å²) in [5.74, 6) is -0.387. The van der Waals surface area contributed by atoms with Crippen LogP contribution >= 0.6 is 11.3 Å². The van der Waals surface area contributed by atoms with E-state index in [2.05, 4.69) is 10.2 Å². The number of esters is 1. The lowest BCUT2D eigenvalue weighted by molar-refractivity contribution is -0.152. The van der Waals surface area contributed by atoms with Gasteiger partial charge in [0.25, 0.3) is 0 Å². The first-order chi connectivity index (χ1) is 8.12. The fourth-order valence-electron chi connectivity index (χ4n) is 1.68. The Labute approximate surface area is 103 Å². The Hall–Kier alpha value is -1.44. The summed E-state index contributed by atoms with van der Waals surface area (Å²) < 4.78 is 4.71. The summed E-state index contributed by atoms with van der Waals surface area (Å²) in [6.45, 7) is 0.230. The molecule has 2 rings (SSSR count). The van der Waals surface area contributed by atoms with Crippen molar-refractivity contribution < 1.29 is 14.3 Å². The zero-order valence-corrected chi connectivity index (χ0v) is 10.1. The highest BCUT2D eigenvalue weighted by Gasteiger charge is 2.56. The number of methoxy groups -OCH3 is 1. The molecule has 1 heterocycles. The summed E-state index contributed by atoms with van der Waals surface area (Å²) >= 11 is 1.20. The van der Waals surface area contributed by atoms with Crippen LogP contribution in [-0.4, -0.2) is 48.0 Å². The first-order valence-electron chi connectivity index (χ1n) is 5.01. The average molecular weight is 251 g/mol. The third kappa shape index (κ3) is 2.17. The Morgan fingerprint density at radius 2 is 2.35 bits per heavy atom. The number of hydrogen-bond donors (Lipinski definition) is 0. The molecule has 1 saturated carbocycles. The van der Waals surface area contributed by atoms with Gasteiger partial charge in [-0.2, -0.15) is 5.10 Å². The highest BCUT2D eigenvalue weighted by Crippen LogP contribution is 2.42. The van der Waals surface area contributed by atoms with Gasteiger partial charge < -0.3 is 9.64 Å². The zero-order chi connectivity index (χ0) is 12.5. The second-order valence-electron chi connectivity index (χ2n) is 3.79. The molecule has 1 aliphatic rings. The molecule has 1 amide bonds. The highest BCUT2D eigenvalue weighted by molar-refractivity contribution is 7.19. The van der Waals surface area contributed by atoms with Gasteiger partial charge in [0.05, 0.1) is 18.6 Å². The summed E-state index contributed by atoms with van der Waals surface area (Å²) in [6.07, 6.45) is 1.88. The number of amides is 1. The Morgan fingerprint density at radius 1 is 1.65 bits per heavy atom. The van der Waals surface area contributed by atoms with Crippen LogP contribution in [0.25, 0.3) is 0 Å². The minimum absolute atomic E-state index is 0.230. The normalized spacial score (nSPS) is 16.3. The molecule has 1 aliphatic carbocycles. The number of nitrogens with zero attached hydrogens (tertiary/aromatic N) is 3. The van der Waals surface area contributed by atoms with E-state index < -0.39 is 5.54 Å². The van der Waals surface area contributed by atoms with E-state index in [9.17, 15) is 9.59 Å². The van der Waals surface area contributed by atoms with Gasteiger partial charge in [-0.25, -0.2) is 4.79 Å². The molecule has 0 spiro atoms. The van der Waals surface area contributed by atoms with Crippen LogP contribution in [0.2, 0.25) is 0 Å². The summed E-state index contributed by atoms with van der Waals surface area (Å²) in [7, 11) is 6.77. The first-order valence-corrected chi connectivity index (χ1v) is 5.82. The number of carbonyl (C=O) groups excluding carboxylic acids is 2. The molecule has 88 valence electrons. The minimum atomic E-state index is -0.809. The van der Waals surface area contributed by atoms with E-state index >= 15 is 0 Å². The Kier molecular flexibility index (Phi) is 3.14. The lowest BCUT2D eigenvalue weighted by Crippen LogP contribution is -2.43. The number of carbonyl (C=O) groups is 2. The zero-order valence-electron chi connectivity index (χ0n) is 9.25. The van der Waals surface area contributed by atoms with Crippen LogP contribution in [0.3, 0.4) is 0 Å². The number of hydrogen-bond acceptors (Lipinski definition) is 6. The fraction of sp³-hybridized carbons (Fsp3) is 0.556. The van der Waals surface area contributed by atoms with Gasteiger partial charge in [-0.15, -0.1) is 16.4 Å². The first kappa shape index (κ1) is 12.0. The second-order valence-corrected chi connectivity index (χ2v) is 4.88. The van der Waals surface area contributed by atoms with Gasteiger partial charge in [0, 0.05) is 0 Å². The molecule has 2 radical (unpaired) electrons. The van der Waals surface area contributed by atoms with E-state index in [1.165, 1.54) is 23.3 Å². The lowest BCUT2D eigenvalue weighted by atomic mass is 10.2. The molecule has 0 aliphatic heterocycles. The maximum Gasteiger partial charge on any atom is 0.331 e. The summed E-state index contributed by atoms with van der Waals surface area (Å²) in [5, 5.41) is 8.08. The molecule has 0 N–H and O–H groups in total. The fourth-order valence-corrected chi connectivity index (χ4v) is 2.29. The predicted molar refractivity (Wildman–Crippen MR) is 60.9 cm³/mol. The van der Waals surface area contributed by atoms with Crippen molar-refractivity contribution in [2.45, 2.75) is 24.9 Å². The van der Waals surface area contributed by atoms with Crippen LogP contribution in [0.1, 0.15) is 17.8 Å². The van der Waals surface area contributed by atoms with Crippen molar-refractivity contribution in [1.29, 1.82) is 0 Å². The van der Waals surface area contributed by atoms with Crippen molar-refractivity contribution in [2.75, 3.05) is 7.11 Å². The SMILES string of the molecule is [B]c1nnc(CN(C=O)C2(C(=O)OC)CC2)s1. The molecule has 0 unspecified atom stereocenters. The number of aromatic nitrogens is 2. The van der Waals surface area contributed by atoms with Crippen molar-refractivity contribution >= 4 is 36.5 Å². The van der Waals surface area contributed by atoms with Gasteiger partial charge in [0.2, 0.25) is 6.41 Å². The molecular formula is C9H10BN3O3S. The molecule has 8 heteroatoms. The Balaban J connectivity index is 2.12. The van der Waals surface area contributed by atoms with Crippen LogP contribution in [0.5, 0.6) is 0 Å². The van der Waals surface area contributed by atoms with E-state index in [1.807, 2.05) is 0 Å². The minimum Gasteiger partial charge on any atom is -0.467 e. The topological polar surface area (TPSA) is 72.4 Å². The molecule has 6 nitrogen and oxygen atoms in total. The number of rotatable bonds is 5. The largest absolute Gasteiger partial charge is 0.467 e. The predicted octanol–water partition coefficient (Wildman–Crippen LogP) is -1.00. The standard InChI is InChI=1S/C9H10BN3O3S/c1-16-7(15)9(2-3-9)13(5-14)4-6-11-12-8(10)17-6/h5H,2-4H2,1H3. The van der Waals surface area contributed by atoms with Crippen molar-refractivity contribution in [1.82, 2.24) is 15.1 Å². The molecule has 1 aromatic heterocycles. The Morgan fingerprint density at radius 3 is 2.76 bits per heavy atom. The second kappa shape index (κ2) is 4.44. The number of ether oxygens (including phenoxy) is 1. The molecule has 0 saturated heterocycles. The lowest BCUT2D eigenvalue weighted by Gasteiger charge is -2.24. The van der Waals surface area contributed by atoms with Crippen molar-refractivity contribution in [2.24, 2.45) is 0 Å². The average Bonchev–Trinajstić information content (AvgIpc) is 3.04. The van der Waals surface area contributed by atoms with Gasteiger partial charge in [-0.3, -0.25) is 4.79 Å². The van der Waals surface area contributed by atoms with E-state index in [4.69, 9.17) is 12.6 Å². The van der Waals surface area contributed by atoms with Crippen molar-refractivity contribution in [3.05, 3.63) is 5.01 Å². The molecule has 17 heavy (non-hydrogen) atoms. The van der Waals surface area contributed by atoms with E-state index in [-0.39, 0.29) is 12.5 Å².